The molecule has 9 nitrogen and oxygen atoms in total. The van der Waals surface area contributed by atoms with Gasteiger partial charge in [0.15, 0.2) is 0 Å². The molecule has 0 amide bonds. The van der Waals surface area contributed by atoms with Crippen molar-refractivity contribution in [2.75, 3.05) is 16.3 Å². The van der Waals surface area contributed by atoms with Gasteiger partial charge >= 0.3 is 0 Å². The quantitative estimate of drug-likeness (QED) is 0.143. The third kappa shape index (κ3) is 8.76. The number of thiazole rings is 3. The molecule has 0 aliphatic heterocycles. The molecule has 0 saturated carbocycles. The van der Waals surface area contributed by atoms with E-state index in [0.29, 0.717) is 5.56 Å². The van der Waals surface area contributed by atoms with E-state index in [9.17, 15) is 8.78 Å². The van der Waals surface area contributed by atoms with Gasteiger partial charge in [0.1, 0.15) is 11.6 Å². The van der Waals surface area contributed by atoms with Gasteiger partial charge in [-0.15, -0.1) is 0 Å². The van der Waals surface area contributed by atoms with Gasteiger partial charge in [-0.3, -0.25) is 16.3 Å². The zero-order chi connectivity index (χ0) is 43.6. The Labute approximate surface area is 380 Å². The van der Waals surface area contributed by atoms with Crippen LogP contribution >= 0.6 is 34.0 Å². The normalized spacial score (nSPS) is 16.3. The lowest BCUT2D eigenvalue weighted by Crippen LogP contribution is -2.21. The molecule has 0 saturated heterocycles. The van der Waals surface area contributed by atoms with E-state index < -0.39 is 0 Å². The van der Waals surface area contributed by atoms with Gasteiger partial charge in [-0.25, -0.2) is 23.7 Å². The van der Waals surface area contributed by atoms with Crippen molar-refractivity contribution < 1.29 is 8.78 Å². The van der Waals surface area contributed by atoms with Crippen LogP contribution in [0.2, 0.25) is 0 Å². The summed E-state index contributed by atoms with van der Waals surface area (Å²) in [5.74, 6) is -0.418. The molecule has 9 aromatic rings. The van der Waals surface area contributed by atoms with E-state index in [1.165, 1.54) is 28.0 Å². The largest absolute Gasteiger partial charge is 0.252 e. The molecule has 3 N–H and O–H groups in total. The van der Waals surface area contributed by atoms with Crippen LogP contribution in [-0.4, -0.2) is 32.1 Å². The summed E-state index contributed by atoms with van der Waals surface area (Å²) in [6.45, 7) is 4.48. The van der Waals surface area contributed by atoms with Gasteiger partial charge in [0.05, 0.1) is 47.8 Å². The topological polar surface area (TPSA) is 112 Å². The van der Waals surface area contributed by atoms with Crippen molar-refractivity contribution in [1.29, 1.82) is 0 Å². The van der Waals surface area contributed by atoms with E-state index in [1.54, 1.807) is 46.1 Å². The van der Waals surface area contributed by atoms with Gasteiger partial charge in [0, 0.05) is 22.1 Å². The molecule has 0 spiro atoms. The second-order valence-corrected chi connectivity index (χ2v) is 19.3. The van der Waals surface area contributed by atoms with Crippen molar-refractivity contribution in [3.8, 4) is 0 Å². The molecule has 0 fully saturated rings. The summed E-state index contributed by atoms with van der Waals surface area (Å²) in [6.07, 6.45) is 4.37. The minimum absolute atomic E-state index is 0.0490. The molecular weight excluding hydrogens is 861 g/mol. The molecule has 0 unspecified atom stereocenters. The Morgan fingerprint density at radius 3 is 1.64 bits per heavy atom. The van der Waals surface area contributed by atoms with Crippen molar-refractivity contribution in [2.45, 2.75) is 46.0 Å². The highest BCUT2D eigenvalue weighted by Gasteiger charge is 2.35. The van der Waals surface area contributed by atoms with Crippen LogP contribution in [0.15, 0.2) is 149 Å². The lowest BCUT2D eigenvalue weighted by molar-refractivity contribution is 0.540. The third-order valence-corrected chi connectivity index (χ3v) is 14.1. The van der Waals surface area contributed by atoms with E-state index in [1.807, 2.05) is 78.9 Å². The zero-order valence-electron chi connectivity index (χ0n) is 34.9. The third-order valence-electron chi connectivity index (χ3n) is 11.3. The number of nitrogens with zero attached hydrogens (tertiary/aromatic N) is 6. The van der Waals surface area contributed by atoms with Crippen LogP contribution in [0.25, 0.3) is 30.6 Å². The fraction of sp³-hybridized carbons (Fsp3) is 0.160. The first-order chi connectivity index (χ1) is 31.2. The van der Waals surface area contributed by atoms with E-state index in [4.69, 9.17) is 5.10 Å². The minimum Gasteiger partial charge on any atom is -0.252 e. The van der Waals surface area contributed by atoms with Crippen molar-refractivity contribution >= 4 is 97.2 Å². The summed E-state index contributed by atoms with van der Waals surface area (Å²) >= 11 is 4.74. The predicted molar refractivity (Wildman–Crippen MR) is 263 cm³/mol. The SMILES string of the molecule is CC1(C)Cc2ccccc2/C1=N\Nc1nc2ccccc2s1.Fc1ccc2c(c1)/C(=N\Nc1nc3ccccc3s1)CC2.Fc1cccc2c1/C(=N\Nc1nc3ccccc3s1)CC2. The summed E-state index contributed by atoms with van der Waals surface area (Å²) in [5.41, 5.74) is 21.3. The lowest BCUT2D eigenvalue weighted by atomic mass is 9.88. The fourth-order valence-electron chi connectivity index (χ4n) is 8.27. The van der Waals surface area contributed by atoms with Gasteiger partial charge < -0.3 is 0 Å². The van der Waals surface area contributed by atoms with Crippen LogP contribution in [0.5, 0.6) is 0 Å². The maximum absolute atomic E-state index is 13.9. The number of aryl methyl sites for hydroxylation is 2. The molecule has 12 rings (SSSR count). The Kier molecular flexibility index (Phi) is 11.5. The van der Waals surface area contributed by atoms with E-state index in [0.717, 1.165) is 107 Å². The van der Waals surface area contributed by atoms with Crippen LogP contribution in [0.3, 0.4) is 0 Å². The molecule has 3 aromatic heterocycles. The van der Waals surface area contributed by atoms with Crippen molar-refractivity contribution in [2.24, 2.45) is 20.7 Å². The van der Waals surface area contributed by atoms with Crippen molar-refractivity contribution in [3.05, 3.63) is 178 Å². The van der Waals surface area contributed by atoms with Crippen LogP contribution in [0.1, 0.15) is 60.1 Å². The van der Waals surface area contributed by atoms with Gasteiger partial charge in [0.2, 0.25) is 15.4 Å². The Balaban J connectivity index is 0.000000114. The number of hydrogen-bond donors (Lipinski definition) is 3. The van der Waals surface area contributed by atoms with E-state index in [-0.39, 0.29) is 17.0 Å². The second kappa shape index (κ2) is 17.8. The van der Waals surface area contributed by atoms with Crippen LogP contribution < -0.4 is 16.3 Å². The summed E-state index contributed by atoms with van der Waals surface area (Å²) in [4.78, 5) is 13.5. The van der Waals surface area contributed by atoms with Crippen LogP contribution in [0, 0.1) is 17.0 Å². The number of anilines is 3. The number of halogens is 2. The number of fused-ring (bicyclic) bond motifs is 6. The Morgan fingerprint density at radius 2 is 1.02 bits per heavy atom. The maximum Gasteiger partial charge on any atom is 0.204 e. The van der Waals surface area contributed by atoms with Gasteiger partial charge in [-0.1, -0.05) is 127 Å². The standard InChI is InChI=1S/C18H17N3S.2C16H12FN3S/c1-18(2)11-12-7-3-4-8-13(12)16(18)20-21-17-19-14-9-5-6-10-15(14)22-17;17-11-5-3-4-10-8-9-13(15(10)11)19-20-16-18-12-6-1-2-7-14(12)21-16;17-11-7-5-10-6-8-13(12(10)9-11)19-20-16-18-14-3-1-2-4-15(14)21-16/h3-10H,11H2,1-2H3,(H,19,21);1-7H,8-9H2,(H,18,20);1-5,7,9H,6,8H2,(H,18,20)/b20-16+;2*19-13-. The van der Waals surface area contributed by atoms with Crippen LogP contribution in [-0.2, 0) is 19.3 Å². The first kappa shape index (κ1) is 41.3. The molecule has 14 heteroatoms. The Bertz CT molecular complexity index is 3170. The molecule has 3 aliphatic carbocycles. The van der Waals surface area contributed by atoms with Gasteiger partial charge in [-0.05, 0) is 103 Å². The van der Waals surface area contributed by atoms with E-state index in [2.05, 4.69) is 85.6 Å². The van der Waals surface area contributed by atoms with Gasteiger partial charge in [-0.2, -0.15) is 15.3 Å². The molecule has 318 valence electrons. The average molecular weight is 902 g/mol. The lowest BCUT2D eigenvalue weighted by Gasteiger charge is -2.18. The number of hydrogen-bond acceptors (Lipinski definition) is 12. The highest BCUT2D eigenvalue weighted by atomic mass is 32.1. The molecule has 0 bridgehead atoms. The average Bonchev–Trinajstić information content (AvgIpc) is 4.16. The summed E-state index contributed by atoms with van der Waals surface area (Å²) in [7, 11) is 0. The highest BCUT2D eigenvalue weighted by Crippen LogP contribution is 2.37. The second-order valence-electron chi connectivity index (χ2n) is 16.2. The monoisotopic (exact) mass is 901 g/mol. The minimum atomic E-state index is -0.219. The smallest absolute Gasteiger partial charge is 0.204 e. The molecule has 3 heterocycles. The van der Waals surface area contributed by atoms with Crippen LogP contribution in [0.4, 0.5) is 24.2 Å². The number of nitrogens with one attached hydrogen (secondary N) is 3. The molecule has 6 aromatic carbocycles. The Hall–Kier alpha value is -6.74. The molecular formula is C50H41F2N9S3. The molecule has 3 aliphatic rings. The zero-order valence-corrected chi connectivity index (χ0v) is 37.4. The summed E-state index contributed by atoms with van der Waals surface area (Å²) in [6, 6.07) is 42.7. The maximum atomic E-state index is 13.9. The number of benzene rings is 6. The number of aromatic nitrogens is 3. The number of hydrazone groups is 3. The molecule has 64 heavy (non-hydrogen) atoms. The predicted octanol–water partition coefficient (Wildman–Crippen LogP) is 13.1. The summed E-state index contributed by atoms with van der Waals surface area (Å²) < 4.78 is 30.7. The molecule has 0 radical (unpaired) electrons. The molecule has 0 atom stereocenters. The van der Waals surface area contributed by atoms with Crippen molar-refractivity contribution in [1.82, 2.24) is 15.0 Å². The highest BCUT2D eigenvalue weighted by molar-refractivity contribution is 7.22. The van der Waals surface area contributed by atoms with Crippen molar-refractivity contribution in [3.63, 3.8) is 0 Å². The van der Waals surface area contributed by atoms with Gasteiger partial charge in [0.25, 0.3) is 0 Å². The first-order valence-electron chi connectivity index (χ1n) is 20.9. The number of rotatable bonds is 6. The first-order valence-corrected chi connectivity index (χ1v) is 23.4. The van der Waals surface area contributed by atoms with E-state index >= 15 is 0 Å². The fourth-order valence-corrected chi connectivity index (χ4v) is 10.7. The summed E-state index contributed by atoms with van der Waals surface area (Å²) in [5, 5.41) is 15.8. The number of para-hydroxylation sites is 3. The Morgan fingerprint density at radius 1 is 0.500 bits per heavy atom.